The fourth-order valence-corrected chi connectivity index (χ4v) is 3.67. The van der Waals surface area contributed by atoms with Gasteiger partial charge in [0.05, 0.1) is 24.2 Å². The molecule has 0 aliphatic carbocycles. The minimum atomic E-state index is -0.617. The first-order valence-electron chi connectivity index (χ1n) is 8.95. The maximum absolute atomic E-state index is 12.4. The van der Waals surface area contributed by atoms with Gasteiger partial charge in [-0.25, -0.2) is 0 Å². The Morgan fingerprint density at radius 3 is 2.54 bits per heavy atom. The molecule has 1 heterocycles. The molecule has 1 aromatic rings. The summed E-state index contributed by atoms with van der Waals surface area (Å²) >= 11 is 5.43. The van der Waals surface area contributed by atoms with Crippen molar-refractivity contribution in [2.75, 3.05) is 13.7 Å². The lowest BCUT2D eigenvalue weighted by atomic mass is 9.92. The minimum absolute atomic E-state index is 0.0601. The monoisotopic (exact) mass is 407 g/mol. The van der Waals surface area contributed by atoms with Crippen LogP contribution < -0.4 is 14.8 Å². The van der Waals surface area contributed by atoms with E-state index in [2.05, 4.69) is 5.32 Å². The number of thiocarbonyl (C=S) groups is 1. The summed E-state index contributed by atoms with van der Waals surface area (Å²) in [6.07, 6.45) is -0.271. The molecular formula is C19H25N3O5S. The maximum atomic E-state index is 12.4. The van der Waals surface area contributed by atoms with Crippen molar-refractivity contribution in [2.24, 2.45) is 0 Å². The molecule has 0 fully saturated rings. The number of nitro groups is 1. The number of nitrogens with zero attached hydrogens (tertiary/aromatic N) is 2. The fourth-order valence-electron chi connectivity index (χ4n) is 3.29. The number of carbonyl (C=O) groups is 1. The van der Waals surface area contributed by atoms with E-state index in [4.69, 9.17) is 21.7 Å². The number of methoxy groups -OCH3 is 1. The van der Waals surface area contributed by atoms with Gasteiger partial charge < -0.3 is 19.7 Å². The maximum Gasteiger partial charge on any atom is 0.315 e. The van der Waals surface area contributed by atoms with Crippen LogP contribution >= 0.6 is 12.2 Å². The minimum Gasteiger partial charge on any atom is -0.493 e. The van der Waals surface area contributed by atoms with Crippen molar-refractivity contribution in [3.8, 4) is 11.5 Å². The molecule has 0 aromatic heterocycles. The molecule has 0 radical (unpaired) electrons. The molecule has 0 spiro atoms. The van der Waals surface area contributed by atoms with Crippen molar-refractivity contribution in [2.45, 2.75) is 46.8 Å². The van der Waals surface area contributed by atoms with Crippen LogP contribution in [0.5, 0.6) is 11.5 Å². The summed E-state index contributed by atoms with van der Waals surface area (Å²) in [6.45, 7) is 9.38. The summed E-state index contributed by atoms with van der Waals surface area (Å²) in [5, 5.41) is 15.3. The summed E-state index contributed by atoms with van der Waals surface area (Å²) in [4.78, 5) is 25.4. The number of benzene rings is 1. The molecule has 152 valence electrons. The Balaban J connectivity index is 2.71. The van der Waals surface area contributed by atoms with Crippen LogP contribution in [0.1, 0.15) is 46.2 Å². The highest BCUT2D eigenvalue weighted by molar-refractivity contribution is 7.80. The molecule has 9 heteroatoms. The molecular weight excluding hydrogens is 382 g/mol. The number of nitrogens with one attached hydrogen (secondary N) is 1. The Hall–Kier alpha value is -2.68. The molecule has 1 unspecified atom stereocenters. The van der Waals surface area contributed by atoms with Gasteiger partial charge in [0.25, 0.3) is 0 Å². The Bertz CT molecular complexity index is 850. The van der Waals surface area contributed by atoms with E-state index in [1.807, 2.05) is 18.7 Å². The van der Waals surface area contributed by atoms with Gasteiger partial charge in [-0.05, 0) is 58.5 Å². The molecule has 1 aliphatic rings. The number of rotatable bonds is 7. The van der Waals surface area contributed by atoms with Crippen LogP contribution in [-0.4, -0.2) is 40.5 Å². The standard InChI is InChI=1S/C19H25N3O5S/c1-7-21-11(4)16(12(5)23)17(20-19(21)28)13-8-14(22(24)25)18(27-10(2)3)15(9-13)26-6/h8-10,17H,7H2,1-6H3,(H,20,28). The summed E-state index contributed by atoms with van der Waals surface area (Å²) in [5.41, 5.74) is 1.51. The third kappa shape index (κ3) is 4.09. The Kier molecular flexibility index (Phi) is 6.60. The first-order chi connectivity index (χ1) is 13.1. The van der Waals surface area contributed by atoms with Crippen LogP contribution in [0.3, 0.4) is 0 Å². The van der Waals surface area contributed by atoms with Crippen LogP contribution in [0, 0.1) is 10.1 Å². The molecule has 28 heavy (non-hydrogen) atoms. The Labute approximate surface area is 169 Å². The fraction of sp³-hybridized carbons (Fsp3) is 0.474. The summed E-state index contributed by atoms with van der Waals surface area (Å²) in [7, 11) is 1.42. The molecule has 1 atom stereocenters. The predicted molar refractivity (Wildman–Crippen MR) is 110 cm³/mol. The predicted octanol–water partition coefficient (Wildman–Crippen LogP) is 3.50. The van der Waals surface area contributed by atoms with E-state index in [0.29, 0.717) is 22.8 Å². The van der Waals surface area contributed by atoms with Crippen molar-refractivity contribution in [1.82, 2.24) is 10.2 Å². The van der Waals surface area contributed by atoms with Gasteiger partial charge in [-0.3, -0.25) is 14.9 Å². The van der Waals surface area contributed by atoms with Crippen LogP contribution in [0.15, 0.2) is 23.4 Å². The molecule has 0 saturated heterocycles. The van der Waals surface area contributed by atoms with Gasteiger partial charge in [0, 0.05) is 23.9 Å². The van der Waals surface area contributed by atoms with E-state index in [1.54, 1.807) is 19.9 Å². The second-order valence-corrected chi connectivity index (χ2v) is 7.06. The molecule has 0 saturated carbocycles. The third-order valence-corrected chi connectivity index (χ3v) is 4.79. The van der Waals surface area contributed by atoms with Crippen molar-refractivity contribution >= 4 is 28.8 Å². The van der Waals surface area contributed by atoms with Crippen LogP contribution in [0.25, 0.3) is 0 Å². The van der Waals surface area contributed by atoms with Gasteiger partial charge in [0.2, 0.25) is 5.75 Å². The van der Waals surface area contributed by atoms with E-state index < -0.39 is 11.0 Å². The second kappa shape index (κ2) is 8.55. The molecule has 8 nitrogen and oxygen atoms in total. The van der Waals surface area contributed by atoms with E-state index in [1.165, 1.54) is 20.1 Å². The highest BCUT2D eigenvalue weighted by atomic mass is 32.1. The first kappa shape index (κ1) is 21.6. The highest BCUT2D eigenvalue weighted by Crippen LogP contribution is 2.42. The normalized spacial score (nSPS) is 16.9. The van der Waals surface area contributed by atoms with E-state index >= 15 is 0 Å². The number of carbonyl (C=O) groups excluding carboxylic acids is 1. The van der Waals surface area contributed by atoms with Crippen molar-refractivity contribution < 1.29 is 19.2 Å². The number of hydrogen-bond donors (Lipinski definition) is 1. The summed E-state index contributed by atoms with van der Waals surface area (Å²) in [5.74, 6) is 0.147. The summed E-state index contributed by atoms with van der Waals surface area (Å²) < 4.78 is 11.0. The zero-order valence-corrected chi connectivity index (χ0v) is 17.7. The smallest absolute Gasteiger partial charge is 0.315 e. The number of ether oxygens (including phenoxy) is 2. The molecule has 0 amide bonds. The van der Waals surface area contributed by atoms with E-state index in [0.717, 1.165) is 5.70 Å². The molecule has 1 aromatic carbocycles. The number of allylic oxidation sites excluding steroid dienone is 1. The SMILES string of the molecule is CCN1C(=S)NC(c2cc(OC)c(OC(C)C)c([N+](=O)[O-])c2)C(C(C)=O)=C1C. The lowest BCUT2D eigenvalue weighted by Gasteiger charge is -2.37. The van der Waals surface area contributed by atoms with E-state index in [-0.39, 0.29) is 29.1 Å². The van der Waals surface area contributed by atoms with Gasteiger partial charge in [-0.15, -0.1) is 0 Å². The number of Topliss-reactive ketones (excluding diaryl/α,β-unsaturated/α-hetero) is 1. The number of nitro benzene ring substituents is 1. The lowest BCUT2D eigenvalue weighted by molar-refractivity contribution is -0.386. The van der Waals surface area contributed by atoms with Gasteiger partial charge in [0.15, 0.2) is 16.6 Å². The second-order valence-electron chi connectivity index (χ2n) is 6.68. The molecule has 1 aliphatic heterocycles. The third-order valence-electron chi connectivity index (χ3n) is 4.45. The summed E-state index contributed by atoms with van der Waals surface area (Å²) in [6, 6.07) is 2.43. The van der Waals surface area contributed by atoms with Crippen molar-refractivity contribution in [1.29, 1.82) is 0 Å². The van der Waals surface area contributed by atoms with Gasteiger partial charge >= 0.3 is 5.69 Å². The molecule has 1 N–H and O–H groups in total. The zero-order valence-electron chi connectivity index (χ0n) is 16.9. The molecule has 0 bridgehead atoms. The quantitative estimate of drug-likeness (QED) is 0.417. The average molecular weight is 407 g/mol. The topological polar surface area (TPSA) is 93.9 Å². The Morgan fingerprint density at radius 1 is 1.43 bits per heavy atom. The van der Waals surface area contributed by atoms with Gasteiger partial charge in [-0.1, -0.05) is 0 Å². The Morgan fingerprint density at radius 2 is 2.07 bits per heavy atom. The van der Waals surface area contributed by atoms with Gasteiger partial charge in [-0.2, -0.15) is 0 Å². The first-order valence-corrected chi connectivity index (χ1v) is 9.35. The van der Waals surface area contributed by atoms with Crippen molar-refractivity contribution in [3.05, 3.63) is 39.1 Å². The van der Waals surface area contributed by atoms with E-state index in [9.17, 15) is 14.9 Å². The number of ketones is 1. The zero-order chi connectivity index (χ0) is 21.2. The van der Waals surface area contributed by atoms with Crippen LogP contribution in [0.2, 0.25) is 0 Å². The highest BCUT2D eigenvalue weighted by Gasteiger charge is 2.34. The van der Waals surface area contributed by atoms with Gasteiger partial charge in [0.1, 0.15) is 0 Å². The largest absolute Gasteiger partial charge is 0.493 e. The average Bonchev–Trinajstić information content (AvgIpc) is 2.60. The van der Waals surface area contributed by atoms with Crippen molar-refractivity contribution in [3.63, 3.8) is 0 Å². The van der Waals surface area contributed by atoms with Crippen LogP contribution in [-0.2, 0) is 4.79 Å². The lowest BCUT2D eigenvalue weighted by Crippen LogP contribution is -2.47. The number of hydrogen-bond acceptors (Lipinski definition) is 6. The molecule has 2 rings (SSSR count). The van der Waals surface area contributed by atoms with Crippen LogP contribution in [0.4, 0.5) is 5.69 Å².